The zero-order chi connectivity index (χ0) is 14.7. The Labute approximate surface area is 119 Å². The van der Waals surface area contributed by atoms with E-state index in [1.807, 2.05) is 45.0 Å². The van der Waals surface area contributed by atoms with Gasteiger partial charge in [0, 0.05) is 5.69 Å². The first-order chi connectivity index (χ1) is 9.49. The van der Waals surface area contributed by atoms with Crippen molar-refractivity contribution >= 4 is 11.7 Å². The number of hydrogen-bond donors (Lipinski definition) is 1. The van der Waals surface area contributed by atoms with E-state index < -0.39 is 0 Å². The molecule has 3 nitrogen and oxygen atoms in total. The first-order valence-corrected chi connectivity index (χ1v) is 6.57. The highest BCUT2D eigenvalue weighted by atomic mass is 16.5. The molecule has 0 saturated heterocycles. The lowest BCUT2D eigenvalue weighted by Gasteiger charge is -2.11. The van der Waals surface area contributed by atoms with Gasteiger partial charge in [0.05, 0.1) is 5.56 Å². The number of benzene rings is 2. The van der Waals surface area contributed by atoms with Crippen LogP contribution in [0.2, 0.25) is 0 Å². The van der Waals surface area contributed by atoms with Crippen LogP contribution in [0.25, 0.3) is 0 Å². The third-order valence-corrected chi connectivity index (χ3v) is 3.45. The largest absolute Gasteiger partial charge is 0.457 e. The molecule has 0 bridgehead atoms. The molecule has 2 rings (SSSR count). The van der Waals surface area contributed by atoms with Crippen LogP contribution >= 0.6 is 0 Å². The van der Waals surface area contributed by atoms with E-state index in [0.717, 1.165) is 22.3 Å². The van der Waals surface area contributed by atoms with Crippen molar-refractivity contribution in [1.82, 2.24) is 0 Å². The maximum Gasteiger partial charge on any atom is 0.338 e. The minimum atomic E-state index is -0.311. The predicted octanol–water partition coefficient (Wildman–Crippen LogP) is 3.55. The number of ether oxygens (including phenoxy) is 1. The first kappa shape index (κ1) is 14.1. The maximum absolute atomic E-state index is 12.2. The second kappa shape index (κ2) is 5.78. The molecule has 104 valence electrons. The van der Waals surface area contributed by atoms with Gasteiger partial charge in [0.2, 0.25) is 0 Å². The maximum atomic E-state index is 12.2. The Kier molecular flexibility index (Phi) is 4.08. The second-order valence-corrected chi connectivity index (χ2v) is 5.03. The zero-order valence-electron chi connectivity index (χ0n) is 12.1. The van der Waals surface area contributed by atoms with E-state index in [0.29, 0.717) is 11.3 Å². The average Bonchev–Trinajstić information content (AvgIpc) is 2.41. The van der Waals surface area contributed by atoms with Crippen molar-refractivity contribution in [2.24, 2.45) is 0 Å². The lowest BCUT2D eigenvalue weighted by Crippen LogP contribution is -2.09. The van der Waals surface area contributed by atoms with Crippen molar-refractivity contribution in [3.63, 3.8) is 0 Å². The van der Waals surface area contributed by atoms with Crippen molar-refractivity contribution in [3.8, 4) is 0 Å². The van der Waals surface area contributed by atoms with Gasteiger partial charge in [-0.2, -0.15) is 0 Å². The lowest BCUT2D eigenvalue weighted by atomic mass is 10.0. The van der Waals surface area contributed by atoms with E-state index in [9.17, 15) is 4.79 Å². The Morgan fingerprint density at radius 3 is 2.45 bits per heavy atom. The zero-order valence-corrected chi connectivity index (χ0v) is 12.1. The Morgan fingerprint density at radius 1 is 1.05 bits per heavy atom. The fourth-order valence-electron chi connectivity index (χ4n) is 2.05. The molecule has 0 radical (unpaired) electrons. The number of nitrogens with two attached hydrogens (primary N) is 1. The van der Waals surface area contributed by atoms with Gasteiger partial charge >= 0.3 is 5.97 Å². The van der Waals surface area contributed by atoms with Gasteiger partial charge in [-0.1, -0.05) is 24.3 Å². The molecule has 0 unspecified atom stereocenters. The molecule has 0 spiro atoms. The summed E-state index contributed by atoms with van der Waals surface area (Å²) in [5.74, 6) is -0.311. The van der Waals surface area contributed by atoms with Crippen LogP contribution in [0.5, 0.6) is 0 Å². The predicted molar refractivity (Wildman–Crippen MR) is 80.6 cm³/mol. The molecule has 2 N–H and O–H groups in total. The highest BCUT2D eigenvalue weighted by Crippen LogP contribution is 2.19. The molecule has 0 aliphatic rings. The number of anilines is 1. The number of carbonyl (C=O) groups excluding carboxylic acids is 1. The van der Waals surface area contributed by atoms with Crippen LogP contribution in [0.4, 0.5) is 5.69 Å². The van der Waals surface area contributed by atoms with E-state index in [-0.39, 0.29) is 12.6 Å². The molecule has 0 fully saturated rings. The summed E-state index contributed by atoms with van der Waals surface area (Å²) < 4.78 is 5.39. The molecule has 2 aromatic carbocycles. The van der Waals surface area contributed by atoms with Gasteiger partial charge in [-0.05, 0) is 55.2 Å². The fraction of sp³-hybridized carbons (Fsp3) is 0.235. The van der Waals surface area contributed by atoms with Crippen molar-refractivity contribution in [2.45, 2.75) is 27.4 Å². The van der Waals surface area contributed by atoms with Crippen LogP contribution in [-0.2, 0) is 11.3 Å². The first-order valence-electron chi connectivity index (χ1n) is 6.57. The number of hydrogen-bond acceptors (Lipinski definition) is 3. The minimum absolute atomic E-state index is 0.286. The Bertz CT molecular complexity index is 647. The summed E-state index contributed by atoms with van der Waals surface area (Å²) in [6.07, 6.45) is 0. The number of rotatable bonds is 3. The van der Waals surface area contributed by atoms with Gasteiger partial charge in [-0.3, -0.25) is 0 Å². The van der Waals surface area contributed by atoms with Crippen LogP contribution in [0.1, 0.15) is 32.6 Å². The lowest BCUT2D eigenvalue weighted by molar-refractivity contribution is 0.0471. The number of carbonyl (C=O) groups is 1. The third-order valence-electron chi connectivity index (χ3n) is 3.45. The van der Waals surface area contributed by atoms with E-state index >= 15 is 0 Å². The highest BCUT2D eigenvalue weighted by Gasteiger charge is 2.12. The smallest absolute Gasteiger partial charge is 0.338 e. The third kappa shape index (κ3) is 2.99. The number of nitrogen functional groups attached to an aromatic ring is 1. The molecule has 3 heteroatoms. The summed E-state index contributed by atoms with van der Waals surface area (Å²) in [5.41, 5.74) is 10.9. The van der Waals surface area contributed by atoms with Gasteiger partial charge in [0.1, 0.15) is 6.61 Å². The van der Waals surface area contributed by atoms with Gasteiger partial charge in [0.15, 0.2) is 0 Å². The Balaban J connectivity index is 2.13. The topological polar surface area (TPSA) is 52.3 Å². The molecule has 20 heavy (non-hydrogen) atoms. The Morgan fingerprint density at radius 2 is 1.75 bits per heavy atom. The van der Waals surface area contributed by atoms with Crippen LogP contribution in [0.3, 0.4) is 0 Å². The van der Waals surface area contributed by atoms with Crippen LogP contribution < -0.4 is 5.73 Å². The minimum Gasteiger partial charge on any atom is -0.457 e. The molecule has 2 aromatic rings. The molecule has 0 aliphatic heterocycles. The quantitative estimate of drug-likeness (QED) is 0.684. The van der Waals surface area contributed by atoms with E-state index in [2.05, 4.69) is 0 Å². The summed E-state index contributed by atoms with van der Waals surface area (Å²) in [7, 11) is 0. The van der Waals surface area contributed by atoms with Gasteiger partial charge in [-0.25, -0.2) is 4.79 Å². The number of esters is 1. The normalized spacial score (nSPS) is 10.3. The Hall–Kier alpha value is -2.29. The summed E-state index contributed by atoms with van der Waals surface area (Å²) >= 11 is 0. The fourth-order valence-corrected chi connectivity index (χ4v) is 2.05. The molecule has 0 amide bonds. The summed E-state index contributed by atoms with van der Waals surface area (Å²) in [6.45, 7) is 6.03. The summed E-state index contributed by atoms with van der Waals surface area (Å²) in [6, 6.07) is 11.5. The second-order valence-electron chi connectivity index (χ2n) is 5.03. The van der Waals surface area contributed by atoms with Gasteiger partial charge in [0.25, 0.3) is 0 Å². The summed E-state index contributed by atoms with van der Waals surface area (Å²) in [5, 5.41) is 0. The molecule has 0 aliphatic carbocycles. The highest BCUT2D eigenvalue weighted by molar-refractivity contribution is 5.92. The molecular weight excluding hydrogens is 250 g/mol. The van der Waals surface area contributed by atoms with Gasteiger partial charge < -0.3 is 10.5 Å². The number of aryl methyl sites for hydroxylation is 3. The standard InChI is InChI=1S/C17H19NO2/c1-11-6-4-5-7-14(11)10-20-17(19)15-8-13(3)16(18)9-12(15)2/h4-9H,10,18H2,1-3H3. The van der Waals surface area contributed by atoms with Crippen molar-refractivity contribution < 1.29 is 9.53 Å². The van der Waals surface area contributed by atoms with Crippen LogP contribution in [0, 0.1) is 20.8 Å². The molecule has 0 heterocycles. The van der Waals surface area contributed by atoms with Crippen LogP contribution in [0.15, 0.2) is 36.4 Å². The van der Waals surface area contributed by atoms with E-state index in [1.54, 1.807) is 12.1 Å². The van der Waals surface area contributed by atoms with Crippen molar-refractivity contribution in [3.05, 3.63) is 64.2 Å². The SMILES string of the molecule is Cc1cc(C(=O)OCc2ccccc2C)c(C)cc1N. The molecule has 0 saturated carbocycles. The van der Waals surface area contributed by atoms with Gasteiger partial charge in [-0.15, -0.1) is 0 Å². The van der Waals surface area contributed by atoms with Crippen LogP contribution in [-0.4, -0.2) is 5.97 Å². The summed E-state index contributed by atoms with van der Waals surface area (Å²) in [4.78, 5) is 12.2. The molecule has 0 atom stereocenters. The van der Waals surface area contributed by atoms with E-state index in [4.69, 9.17) is 10.5 Å². The monoisotopic (exact) mass is 269 g/mol. The van der Waals surface area contributed by atoms with E-state index in [1.165, 1.54) is 0 Å². The van der Waals surface area contributed by atoms with Crippen molar-refractivity contribution in [2.75, 3.05) is 5.73 Å². The molecular formula is C17H19NO2. The van der Waals surface area contributed by atoms with Crippen molar-refractivity contribution in [1.29, 1.82) is 0 Å². The average molecular weight is 269 g/mol. The molecule has 0 aromatic heterocycles.